The topological polar surface area (TPSA) is 43.4 Å². The van der Waals surface area contributed by atoms with E-state index in [9.17, 15) is 22.8 Å². The molecule has 1 fully saturated rings. The van der Waals surface area contributed by atoms with Crippen LogP contribution in [-0.2, 0) is 16.0 Å². The maximum Gasteiger partial charge on any atom is 0.412 e. The summed E-state index contributed by atoms with van der Waals surface area (Å²) in [6.07, 6.45) is -3.97. The molecule has 0 aliphatic heterocycles. The number of halogens is 3. The summed E-state index contributed by atoms with van der Waals surface area (Å²) in [5.41, 5.74) is -2.92. The summed E-state index contributed by atoms with van der Waals surface area (Å²) in [4.78, 5) is 25.6. The summed E-state index contributed by atoms with van der Waals surface area (Å²) in [5.74, 6) is -2.17. The molecule has 0 aromatic heterocycles. The predicted octanol–water partition coefficient (Wildman–Crippen LogP) is 4.98. The van der Waals surface area contributed by atoms with Crippen LogP contribution in [0.2, 0.25) is 0 Å². The van der Waals surface area contributed by atoms with Crippen LogP contribution in [0.15, 0.2) is 24.3 Å². The van der Waals surface area contributed by atoms with Gasteiger partial charge >= 0.3 is 12.1 Å². The molecule has 4 unspecified atom stereocenters. The van der Waals surface area contributed by atoms with E-state index >= 15 is 0 Å². The first kappa shape index (κ1) is 19.9. The number of hydrogen-bond donors (Lipinski definition) is 0. The van der Waals surface area contributed by atoms with Gasteiger partial charge in [-0.15, -0.1) is 0 Å². The summed E-state index contributed by atoms with van der Waals surface area (Å²) in [7, 11) is 0. The lowest BCUT2D eigenvalue weighted by Crippen LogP contribution is -2.52. The third-order valence-electron chi connectivity index (χ3n) is 6.16. The molecular formula is C21H25F3O3. The summed E-state index contributed by atoms with van der Waals surface area (Å²) in [6.45, 7) is 5.97. The van der Waals surface area contributed by atoms with Gasteiger partial charge in [-0.3, -0.25) is 9.59 Å². The second-order valence-corrected chi connectivity index (χ2v) is 8.34. The average molecular weight is 382 g/mol. The van der Waals surface area contributed by atoms with E-state index in [2.05, 4.69) is 0 Å². The van der Waals surface area contributed by atoms with Gasteiger partial charge in [-0.25, -0.2) is 0 Å². The zero-order valence-corrected chi connectivity index (χ0v) is 15.8. The maximum absolute atomic E-state index is 14.0. The third-order valence-corrected chi connectivity index (χ3v) is 6.16. The van der Waals surface area contributed by atoms with Gasteiger partial charge in [0.15, 0.2) is 5.78 Å². The highest BCUT2D eigenvalue weighted by molar-refractivity contribution is 6.16. The quantitative estimate of drug-likeness (QED) is 0.547. The number of hydrogen-bond acceptors (Lipinski definition) is 3. The van der Waals surface area contributed by atoms with Crippen LogP contribution in [0.4, 0.5) is 13.2 Å². The molecule has 3 rings (SSSR count). The summed E-state index contributed by atoms with van der Waals surface area (Å²) < 4.78 is 47.6. The Bertz CT molecular complexity index is 740. The summed E-state index contributed by atoms with van der Waals surface area (Å²) in [5, 5.41) is 0. The van der Waals surface area contributed by atoms with Gasteiger partial charge in [0.25, 0.3) is 0 Å². The molecule has 0 N–H and O–H groups in total. The highest BCUT2D eigenvalue weighted by Gasteiger charge is 2.69. The van der Waals surface area contributed by atoms with Gasteiger partial charge in [0.1, 0.15) is 6.10 Å². The Hall–Kier alpha value is -1.85. The minimum absolute atomic E-state index is 0.00862. The normalized spacial score (nSPS) is 31.1. The standard InChI is InChI=1S/C21H25F3O3/c1-12(2)15-9-8-13(3)10-17(15)27-19(26)20(21(22,23)24)11-14-6-4-5-7-16(14)18(20)25/h4-7,12-13,15,17H,8-11H2,1-3H3. The minimum Gasteiger partial charge on any atom is -0.461 e. The number of ether oxygens (including phenoxy) is 1. The molecule has 6 heteroatoms. The molecule has 148 valence electrons. The first-order valence-electron chi connectivity index (χ1n) is 9.48. The molecular weight excluding hydrogens is 357 g/mol. The van der Waals surface area contributed by atoms with E-state index in [0.29, 0.717) is 6.42 Å². The number of ketones is 1. The van der Waals surface area contributed by atoms with Gasteiger partial charge in [0.05, 0.1) is 0 Å². The van der Waals surface area contributed by atoms with E-state index in [0.717, 1.165) is 12.8 Å². The monoisotopic (exact) mass is 382 g/mol. The molecule has 1 aromatic rings. The van der Waals surface area contributed by atoms with Gasteiger partial charge in [-0.1, -0.05) is 51.5 Å². The van der Waals surface area contributed by atoms with Crippen molar-refractivity contribution in [3.8, 4) is 0 Å². The van der Waals surface area contributed by atoms with Gasteiger partial charge in [0, 0.05) is 12.0 Å². The van der Waals surface area contributed by atoms with Crippen LogP contribution < -0.4 is 0 Å². The Morgan fingerprint density at radius 2 is 1.89 bits per heavy atom. The zero-order chi connectivity index (χ0) is 20.0. The molecule has 3 nitrogen and oxygen atoms in total. The highest BCUT2D eigenvalue weighted by atomic mass is 19.4. The van der Waals surface area contributed by atoms with Crippen molar-refractivity contribution in [2.45, 2.75) is 58.7 Å². The van der Waals surface area contributed by atoms with Gasteiger partial charge in [0.2, 0.25) is 5.41 Å². The van der Waals surface area contributed by atoms with Crippen molar-refractivity contribution in [1.82, 2.24) is 0 Å². The molecule has 0 heterocycles. The zero-order valence-electron chi connectivity index (χ0n) is 15.8. The van der Waals surface area contributed by atoms with Crippen LogP contribution in [0, 0.1) is 23.2 Å². The molecule has 2 aliphatic carbocycles. The van der Waals surface area contributed by atoms with Crippen LogP contribution in [0.25, 0.3) is 0 Å². The maximum atomic E-state index is 14.0. The van der Waals surface area contributed by atoms with E-state index < -0.39 is 35.9 Å². The average Bonchev–Trinajstić information content (AvgIpc) is 2.89. The van der Waals surface area contributed by atoms with Crippen molar-refractivity contribution >= 4 is 11.8 Å². The predicted molar refractivity (Wildman–Crippen MR) is 94.2 cm³/mol. The number of carbonyl (C=O) groups excluding carboxylic acids is 2. The fraction of sp³-hybridized carbons (Fsp3) is 0.619. The Morgan fingerprint density at radius 1 is 1.22 bits per heavy atom. The van der Waals surface area contributed by atoms with Crippen molar-refractivity contribution < 1.29 is 27.5 Å². The Labute approximate surface area is 157 Å². The van der Waals surface area contributed by atoms with Crippen LogP contribution in [0.5, 0.6) is 0 Å². The van der Waals surface area contributed by atoms with Crippen molar-refractivity contribution in [3.05, 3.63) is 35.4 Å². The molecule has 0 saturated heterocycles. The largest absolute Gasteiger partial charge is 0.461 e. The highest BCUT2D eigenvalue weighted by Crippen LogP contribution is 2.50. The molecule has 27 heavy (non-hydrogen) atoms. The minimum atomic E-state index is -5.01. The van der Waals surface area contributed by atoms with Gasteiger partial charge in [-0.2, -0.15) is 13.2 Å². The van der Waals surface area contributed by atoms with Crippen LogP contribution in [0.1, 0.15) is 56.0 Å². The number of benzene rings is 1. The van der Waals surface area contributed by atoms with E-state index in [1.807, 2.05) is 20.8 Å². The van der Waals surface area contributed by atoms with E-state index in [4.69, 9.17) is 4.74 Å². The van der Waals surface area contributed by atoms with Crippen molar-refractivity contribution in [1.29, 1.82) is 0 Å². The Kier molecular flexibility index (Phi) is 5.12. The molecule has 0 spiro atoms. The Morgan fingerprint density at radius 3 is 2.48 bits per heavy atom. The van der Waals surface area contributed by atoms with Crippen molar-refractivity contribution in [2.75, 3.05) is 0 Å². The van der Waals surface area contributed by atoms with Crippen molar-refractivity contribution in [3.63, 3.8) is 0 Å². The summed E-state index contributed by atoms with van der Waals surface area (Å²) in [6, 6.07) is 5.89. The number of rotatable bonds is 3. The summed E-state index contributed by atoms with van der Waals surface area (Å²) >= 11 is 0. The lowest BCUT2D eigenvalue weighted by molar-refractivity contribution is -0.223. The van der Waals surface area contributed by atoms with Gasteiger partial charge < -0.3 is 4.74 Å². The fourth-order valence-corrected chi connectivity index (χ4v) is 4.49. The fourth-order valence-electron chi connectivity index (χ4n) is 4.49. The molecule has 2 aliphatic rings. The first-order chi connectivity index (χ1) is 12.6. The van der Waals surface area contributed by atoms with E-state index in [1.165, 1.54) is 18.2 Å². The lowest BCUT2D eigenvalue weighted by Gasteiger charge is -2.38. The number of alkyl halides is 3. The third kappa shape index (κ3) is 3.27. The smallest absolute Gasteiger partial charge is 0.412 e. The number of carbonyl (C=O) groups is 2. The second kappa shape index (κ2) is 6.95. The van der Waals surface area contributed by atoms with E-state index in [-0.39, 0.29) is 28.9 Å². The van der Waals surface area contributed by atoms with Gasteiger partial charge in [-0.05, 0) is 36.2 Å². The van der Waals surface area contributed by atoms with Crippen LogP contribution >= 0.6 is 0 Å². The second-order valence-electron chi connectivity index (χ2n) is 8.34. The SMILES string of the molecule is CC1CCC(C(C)C)C(OC(=O)C2(C(F)(F)F)Cc3ccccc3C2=O)C1. The molecule has 4 atom stereocenters. The lowest BCUT2D eigenvalue weighted by atomic mass is 9.75. The van der Waals surface area contributed by atoms with Crippen LogP contribution in [-0.4, -0.2) is 24.0 Å². The molecule has 1 saturated carbocycles. The number of fused-ring (bicyclic) bond motifs is 1. The van der Waals surface area contributed by atoms with E-state index in [1.54, 1.807) is 6.07 Å². The molecule has 0 radical (unpaired) electrons. The van der Waals surface area contributed by atoms with Crippen molar-refractivity contribution in [2.24, 2.45) is 23.2 Å². The Balaban J connectivity index is 1.93. The first-order valence-corrected chi connectivity index (χ1v) is 9.48. The number of Topliss-reactive ketones (excluding diaryl/α,β-unsaturated/α-hetero) is 1. The molecule has 0 bridgehead atoms. The number of esters is 1. The molecule has 0 amide bonds. The van der Waals surface area contributed by atoms with Crippen LogP contribution in [0.3, 0.4) is 0 Å². The molecule has 1 aromatic carbocycles.